The van der Waals surface area contributed by atoms with Crippen LogP contribution >= 0.6 is 0 Å². The van der Waals surface area contributed by atoms with Crippen LogP contribution in [0.25, 0.3) is 0 Å². The highest BCUT2D eigenvalue weighted by Gasteiger charge is 2.31. The third-order valence-corrected chi connectivity index (χ3v) is 6.05. The van der Waals surface area contributed by atoms with E-state index in [1.165, 1.54) is 6.20 Å². The normalized spacial score (nSPS) is 19.1. The van der Waals surface area contributed by atoms with Crippen LogP contribution in [0.2, 0.25) is 0 Å². The molecular formula is C21H30N6O4S. The highest BCUT2D eigenvalue weighted by atomic mass is 32.2. The smallest absolute Gasteiger partial charge is 0.305 e. The van der Waals surface area contributed by atoms with Crippen LogP contribution in [0.3, 0.4) is 0 Å². The van der Waals surface area contributed by atoms with Crippen molar-refractivity contribution in [3.63, 3.8) is 0 Å². The van der Waals surface area contributed by atoms with Gasteiger partial charge >= 0.3 is 5.97 Å². The number of carbonyl (C=O) groups excluding carboxylic acids is 1. The molecule has 1 aliphatic heterocycles. The van der Waals surface area contributed by atoms with E-state index in [0.717, 1.165) is 18.5 Å². The van der Waals surface area contributed by atoms with E-state index < -0.39 is 9.84 Å². The minimum absolute atomic E-state index is 0.0977. The maximum absolute atomic E-state index is 11.8. The molecule has 0 N–H and O–H groups in total. The van der Waals surface area contributed by atoms with Crippen molar-refractivity contribution in [2.75, 3.05) is 35.8 Å². The largest absolute Gasteiger partial charge is 0.465 e. The Hall–Kier alpha value is -2.82. The molecule has 11 heteroatoms. The molecule has 2 aromatic rings. The number of hydrogen-bond donors (Lipinski definition) is 0. The number of piperazine rings is 1. The lowest BCUT2D eigenvalue weighted by atomic mass is 10.1. The van der Waals surface area contributed by atoms with Gasteiger partial charge in [-0.1, -0.05) is 6.92 Å². The van der Waals surface area contributed by atoms with Crippen LogP contribution < -0.4 is 9.80 Å². The number of sulfone groups is 1. The first-order chi connectivity index (χ1) is 15.2. The van der Waals surface area contributed by atoms with Crippen LogP contribution in [0.5, 0.6) is 0 Å². The molecule has 32 heavy (non-hydrogen) atoms. The van der Waals surface area contributed by atoms with Gasteiger partial charge in [0.15, 0.2) is 0 Å². The summed E-state index contributed by atoms with van der Waals surface area (Å²) < 4.78 is 28.9. The quantitative estimate of drug-likeness (QED) is 0.423. The second-order valence-electron chi connectivity index (χ2n) is 8.03. The number of anilines is 2. The number of aromatic nitrogens is 4. The van der Waals surface area contributed by atoms with Gasteiger partial charge in [-0.15, -0.1) is 0 Å². The molecule has 1 aliphatic rings. The molecule has 1 fully saturated rings. The lowest BCUT2D eigenvalue weighted by molar-refractivity contribution is -0.143. The van der Waals surface area contributed by atoms with Crippen LogP contribution in [0.4, 0.5) is 11.6 Å². The predicted octanol–water partition coefficient (Wildman–Crippen LogP) is 1.66. The second-order valence-corrected chi connectivity index (χ2v) is 9.94. The van der Waals surface area contributed by atoms with Crippen molar-refractivity contribution in [2.45, 2.75) is 57.3 Å². The van der Waals surface area contributed by atoms with Crippen molar-refractivity contribution in [3.05, 3.63) is 30.4 Å². The van der Waals surface area contributed by atoms with Gasteiger partial charge in [0.25, 0.3) is 0 Å². The molecule has 174 valence electrons. The van der Waals surface area contributed by atoms with Crippen LogP contribution in [-0.2, 0) is 25.8 Å². The molecule has 3 rings (SSSR count). The molecule has 0 amide bonds. The van der Waals surface area contributed by atoms with Gasteiger partial charge in [-0.3, -0.25) is 4.79 Å². The minimum Gasteiger partial charge on any atom is -0.465 e. The highest BCUT2D eigenvalue weighted by molar-refractivity contribution is 7.90. The number of ether oxygens (including phenoxy) is 1. The van der Waals surface area contributed by atoms with Gasteiger partial charge in [-0.2, -0.15) is 0 Å². The Morgan fingerprint density at radius 3 is 2.41 bits per heavy atom. The Morgan fingerprint density at radius 1 is 1.09 bits per heavy atom. The summed E-state index contributed by atoms with van der Waals surface area (Å²) in [5.74, 6) is 1.83. The average molecular weight is 463 g/mol. The van der Waals surface area contributed by atoms with Crippen LogP contribution in [0.15, 0.2) is 29.7 Å². The van der Waals surface area contributed by atoms with Gasteiger partial charge in [0.05, 0.1) is 6.61 Å². The Labute approximate surface area is 189 Å². The standard InChI is InChI=1S/C21H30N6O4S/c1-5-6-20(28)31-12-9-17-22-10-8-19(24-17)27-15(2)13-26(14-16(27)3)18-7-11-23-21(25-18)32(4,29)30/h7-8,10-11,15-16H,5-6,9,12-14H2,1-4H3/t15-,16+. The summed E-state index contributed by atoms with van der Waals surface area (Å²) in [4.78, 5) is 33.0. The van der Waals surface area contributed by atoms with Gasteiger partial charge in [0.1, 0.15) is 17.5 Å². The first-order valence-electron chi connectivity index (χ1n) is 10.7. The molecule has 0 radical (unpaired) electrons. The zero-order valence-corrected chi connectivity index (χ0v) is 19.7. The molecule has 0 bridgehead atoms. The number of hydrogen-bond acceptors (Lipinski definition) is 10. The molecular weight excluding hydrogens is 432 g/mol. The molecule has 0 aliphatic carbocycles. The fourth-order valence-electron chi connectivity index (χ4n) is 3.83. The predicted molar refractivity (Wildman–Crippen MR) is 120 cm³/mol. The molecule has 0 unspecified atom stereocenters. The van der Waals surface area contributed by atoms with Gasteiger partial charge in [0, 0.05) is 56.7 Å². The molecule has 0 spiro atoms. The van der Waals surface area contributed by atoms with Gasteiger partial charge in [0.2, 0.25) is 15.0 Å². The lowest BCUT2D eigenvalue weighted by Gasteiger charge is -2.45. The van der Waals surface area contributed by atoms with Crippen molar-refractivity contribution >= 4 is 27.4 Å². The molecule has 2 aromatic heterocycles. The summed E-state index contributed by atoms with van der Waals surface area (Å²) in [5, 5.41) is -0.169. The Balaban J connectivity index is 1.69. The molecule has 10 nitrogen and oxygen atoms in total. The van der Waals surface area contributed by atoms with E-state index in [2.05, 4.69) is 43.6 Å². The van der Waals surface area contributed by atoms with E-state index in [1.807, 2.05) is 13.0 Å². The highest BCUT2D eigenvalue weighted by Crippen LogP contribution is 2.25. The Kier molecular flexibility index (Phi) is 7.60. The van der Waals surface area contributed by atoms with E-state index in [9.17, 15) is 13.2 Å². The van der Waals surface area contributed by atoms with Crippen molar-refractivity contribution in [2.24, 2.45) is 0 Å². The summed E-state index contributed by atoms with van der Waals surface area (Å²) in [6.07, 6.45) is 5.94. The topological polar surface area (TPSA) is 118 Å². The lowest BCUT2D eigenvalue weighted by Crippen LogP contribution is -2.57. The van der Waals surface area contributed by atoms with Gasteiger partial charge in [-0.05, 0) is 32.4 Å². The summed E-state index contributed by atoms with van der Waals surface area (Å²) in [7, 11) is -3.47. The number of rotatable bonds is 8. The number of carbonyl (C=O) groups is 1. The first kappa shape index (κ1) is 23.8. The zero-order valence-electron chi connectivity index (χ0n) is 18.9. The molecule has 3 heterocycles. The maximum atomic E-state index is 11.8. The summed E-state index contributed by atoms with van der Waals surface area (Å²) in [6.45, 7) is 7.69. The van der Waals surface area contributed by atoms with E-state index >= 15 is 0 Å². The van der Waals surface area contributed by atoms with E-state index in [4.69, 9.17) is 4.74 Å². The van der Waals surface area contributed by atoms with Crippen molar-refractivity contribution in [3.8, 4) is 0 Å². The maximum Gasteiger partial charge on any atom is 0.305 e. The fourth-order valence-corrected chi connectivity index (χ4v) is 4.34. The minimum atomic E-state index is -3.47. The van der Waals surface area contributed by atoms with Gasteiger partial charge in [-0.25, -0.2) is 28.4 Å². The van der Waals surface area contributed by atoms with E-state index in [0.29, 0.717) is 37.6 Å². The van der Waals surface area contributed by atoms with Crippen LogP contribution in [0, 0.1) is 0 Å². The second kappa shape index (κ2) is 10.2. The van der Waals surface area contributed by atoms with E-state index in [-0.39, 0.29) is 29.8 Å². The van der Waals surface area contributed by atoms with Gasteiger partial charge < -0.3 is 14.5 Å². The zero-order chi connectivity index (χ0) is 23.3. The monoisotopic (exact) mass is 462 g/mol. The third kappa shape index (κ3) is 5.90. The first-order valence-corrected chi connectivity index (χ1v) is 12.6. The molecule has 0 saturated carbocycles. The number of nitrogens with zero attached hydrogens (tertiary/aromatic N) is 6. The van der Waals surface area contributed by atoms with Crippen molar-refractivity contribution in [1.82, 2.24) is 19.9 Å². The summed E-state index contributed by atoms with van der Waals surface area (Å²) in [6, 6.07) is 3.80. The Bertz CT molecular complexity index is 1040. The summed E-state index contributed by atoms with van der Waals surface area (Å²) >= 11 is 0. The van der Waals surface area contributed by atoms with Crippen LogP contribution in [-0.4, -0.2) is 72.4 Å². The van der Waals surface area contributed by atoms with Crippen molar-refractivity contribution < 1.29 is 17.9 Å². The Morgan fingerprint density at radius 2 is 1.75 bits per heavy atom. The van der Waals surface area contributed by atoms with E-state index in [1.54, 1.807) is 12.3 Å². The third-order valence-electron chi connectivity index (χ3n) is 5.19. The van der Waals surface area contributed by atoms with Crippen molar-refractivity contribution in [1.29, 1.82) is 0 Å². The molecule has 0 aromatic carbocycles. The van der Waals surface area contributed by atoms with Crippen LogP contribution in [0.1, 0.15) is 39.4 Å². The SMILES string of the molecule is CCCC(=O)OCCc1nccc(N2[C@H](C)CN(c3ccnc(S(C)(=O)=O)n3)C[C@@H]2C)n1. The fraction of sp³-hybridized carbons (Fsp3) is 0.571. The summed E-state index contributed by atoms with van der Waals surface area (Å²) in [5.41, 5.74) is 0. The molecule has 1 saturated heterocycles. The molecule has 2 atom stereocenters. The number of esters is 1. The average Bonchev–Trinajstić information content (AvgIpc) is 2.73.